The molecule has 0 saturated carbocycles. The molecular weight excluding hydrogens is 581 g/mol. The summed E-state index contributed by atoms with van der Waals surface area (Å²) in [5.41, 5.74) is 5.03. The van der Waals surface area contributed by atoms with Gasteiger partial charge in [0.2, 0.25) is 11.8 Å². The molecule has 16 heteroatoms. The van der Waals surface area contributed by atoms with Crippen molar-refractivity contribution >= 4 is 31.2 Å². The molecule has 1 saturated heterocycles. The van der Waals surface area contributed by atoms with Crippen LogP contribution in [0.4, 0.5) is 5.95 Å². The van der Waals surface area contributed by atoms with Gasteiger partial charge in [-0.1, -0.05) is 55.8 Å². The number of nitrogen functional groups attached to an aromatic ring is 1. The normalized spacial score (nSPS) is 23.6. The van der Waals surface area contributed by atoms with Gasteiger partial charge in [-0.3, -0.25) is 9.40 Å². The minimum absolute atomic E-state index is 0.0497. The molecule has 3 aromatic rings. The van der Waals surface area contributed by atoms with Crippen LogP contribution < -0.4 is 15.4 Å². The number of hydrogen-bond donors (Lipinski definition) is 3. The second kappa shape index (κ2) is 13.1. The summed E-state index contributed by atoms with van der Waals surface area (Å²) in [4.78, 5) is 45.3. The first-order valence-corrected chi connectivity index (χ1v) is 14.8. The van der Waals surface area contributed by atoms with Gasteiger partial charge in [0.1, 0.15) is 24.4 Å². The number of rotatable bonds is 11. The second-order valence-corrected chi connectivity index (χ2v) is 12.8. The van der Waals surface area contributed by atoms with Crippen molar-refractivity contribution in [2.75, 3.05) is 26.1 Å². The van der Waals surface area contributed by atoms with E-state index in [1.807, 2.05) is 51.1 Å². The van der Waals surface area contributed by atoms with Crippen LogP contribution in [0.25, 0.3) is 11.2 Å². The van der Waals surface area contributed by atoms with E-state index in [0.29, 0.717) is 0 Å². The quantitative estimate of drug-likeness (QED) is 0.159. The van der Waals surface area contributed by atoms with E-state index in [4.69, 9.17) is 24.8 Å². The van der Waals surface area contributed by atoms with Crippen LogP contribution >= 0.6 is 8.09 Å². The third-order valence-electron chi connectivity index (χ3n) is 6.61. The van der Waals surface area contributed by atoms with Crippen LogP contribution in [-0.4, -0.2) is 84.7 Å². The van der Waals surface area contributed by atoms with Gasteiger partial charge in [-0.05, 0) is 24.8 Å². The number of nitrogens with two attached hydrogens (primary N) is 1. The van der Waals surface area contributed by atoms with Gasteiger partial charge in [0.05, 0.1) is 26.6 Å². The topological polar surface area (TPSA) is 203 Å². The smallest absolute Gasteiger partial charge is 0.334 e. The van der Waals surface area contributed by atoms with Gasteiger partial charge in [-0.25, -0.2) is 9.78 Å². The molecule has 6 atom stereocenters. The van der Waals surface area contributed by atoms with Crippen LogP contribution in [0.15, 0.2) is 41.4 Å². The predicted octanol–water partition coefficient (Wildman–Crippen LogP) is 1.69. The summed E-state index contributed by atoms with van der Waals surface area (Å²) < 4.78 is 22.1. The summed E-state index contributed by atoms with van der Waals surface area (Å²) >= 11 is 0. The molecule has 1 fully saturated rings. The second-order valence-electron chi connectivity index (χ2n) is 11.6. The molecular formula is C27H38N7O8P. The number of anilines is 1. The van der Waals surface area contributed by atoms with Crippen molar-refractivity contribution in [3.8, 4) is 5.88 Å². The van der Waals surface area contributed by atoms with Gasteiger partial charge in [0.15, 0.2) is 23.4 Å². The average molecular weight is 620 g/mol. The van der Waals surface area contributed by atoms with E-state index in [1.165, 1.54) is 31.9 Å². The maximum absolute atomic E-state index is 13.3. The Kier molecular flexibility index (Phi) is 9.96. The molecule has 1 aromatic carbocycles. The minimum atomic E-state index is -2.59. The highest BCUT2D eigenvalue weighted by Crippen LogP contribution is 2.40. The van der Waals surface area contributed by atoms with Gasteiger partial charge in [-0.2, -0.15) is 9.97 Å². The molecule has 0 radical (unpaired) electrons. The Labute approximate surface area is 250 Å². The number of fused-ring (bicyclic) bond motifs is 1. The number of esters is 1. The first-order valence-electron chi connectivity index (χ1n) is 13.6. The van der Waals surface area contributed by atoms with Crippen molar-refractivity contribution in [2.45, 2.75) is 71.2 Å². The van der Waals surface area contributed by atoms with Gasteiger partial charge >= 0.3 is 5.97 Å². The highest BCUT2D eigenvalue weighted by molar-refractivity contribution is 7.36. The maximum Gasteiger partial charge on any atom is 0.334 e. The third kappa shape index (κ3) is 7.62. The Morgan fingerprint density at radius 2 is 2.02 bits per heavy atom. The summed E-state index contributed by atoms with van der Waals surface area (Å²) in [5.74, 6) is -0.551. The number of benzene rings is 1. The van der Waals surface area contributed by atoms with Crippen molar-refractivity contribution in [2.24, 2.45) is 10.2 Å². The lowest BCUT2D eigenvalue weighted by molar-refractivity contribution is -0.214. The first kappa shape index (κ1) is 32.6. The maximum atomic E-state index is 13.3. The molecule has 4 rings (SSSR count). The zero-order valence-corrected chi connectivity index (χ0v) is 25.8. The van der Waals surface area contributed by atoms with Crippen molar-refractivity contribution < 1.29 is 38.9 Å². The Balaban J connectivity index is 1.53. The number of carbonyl (C=O) groups is 1. The lowest BCUT2D eigenvalue weighted by atomic mass is 9.96. The molecule has 1 aliphatic heterocycles. The van der Waals surface area contributed by atoms with Crippen LogP contribution in [0.5, 0.6) is 5.88 Å². The molecule has 2 aromatic heterocycles. The highest BCUT2D eigenvalue weighted by atomic mass is 31.1. The zero-order chi connectivity index (χ0) is 31.5. The summed E-state index contributed by atoms with van der Waals surface area (Å²) in [6, 6.07) is 8.08. The van der Waals surface area contributed by atoms with Crippen molar-refractivity contribution in [1.29, 1.82) is 0 Å². The number of hydrogen-bond acceptors (Lipinski definition) is 13. The first-order chi connectivity index (χ1) is 20.2. The molecule has 1 aliphatic rings. The summed E-state index contributed by atoms with van der Waals surface area (Å²) in [6.07, 6.45) is -2.29. The van der Waals surface area contributed by atoms with E-state index in [2.05, 4.69) is 19.7 Å². The number of hydroxylamine groups is 1. The number of ether oxygens (including phenoxy) is 3. The van der Waals surface area contributed by atoms with Crippen LogP contribution in [0.3, 0.4) is 0 Å². The van der Waals surface area contributed by atoms with E-state index in [0.717, 1.165) is 10.4 Å². The van der Waals surface area contributed by atoms with E-state index in [9.17, 15) is 19.9 Å². The van der Waals surface area contributed by atoms with E-state index >= 15 is 0 Å². The molecule has 43 heavy (non-hydrogen) atoms. The lowest BCUT2D eigenvalue weighted by Crippen LogP contribution is -2.44. The summed E-state index contributed by atoms with van der Waals surface area (Å²) in [5, 5.41) is 22.3. The Bertz CT molecular complexity index is 1450. The molecule has 234 valence electrons. The molecule has 0 spiro atoms. The van der Waals surface area contributed by atoms with Crippen LogP contribution in [0.1, 0.15) is 46.4 Å². The third-order valence-corrected chi connectivity index (χ3v) is 7.79. The zero-order valence-electron chi connectivity index (χ0n) is 24.9. The SMILES string of the molecule is COc1nc(N)nc2c1ncn2[C@@H]1O[C@H](CON(Cc2ccccc2)[P+]([O-])=N[C@@H](C)C(=O)OCC(C)(C)C)[C@@H](O)[C@@]1(C)O. The molecule has 1 unspecified atom stereocenters. The van der Waals surface area contributed by atoms with Gasteiger partial charge in [0, 0.05) is 4.83 Å². The average Bonchev–Trinajstić information content (AvgIpc) is 3.46. The van der Waals surface area contributed by atoms with Crippen molar-refractivity contribution in [1.82, 2.24) is 24.4 Å². The largest absolute Gasteiger partial charge is 0.593 e. The number of aromatic nitrogens is 4. The standard InChI is InChI=1S/C27H38N7O8P/c1-16(23(36)40-14-26(2,3)4)32-43(38)34(12-17-10-8-7-9-11-17)41-13-18-20(35)27(5,37)24(42-18)33-15-29-19-21(33)30-25(28)31-22(19)39-6/h7-11,15-16,18,20,24,35,37H,12-14H2,1-6H3,(H2,28,30,31)/t16-,18+,20+,24+,27+/m0/s1. The molecule has 0 aliphatic carbocycles. The molecule has 4 N–H and O–H groups in total. The van der Waals surface area contributed by atoms with Crippen molar-refractivity contribution in [3.63, 3.8) is 0 Å². The van der Waals surface area contributed by atoms with Crippen LogP contribution in [0.2, 0.25) is 0 Å². The number of imidazole rings is 1. The molecule has 15 nitrogen and oxygen atoms in total. The summed E-state index contributed by atoms with van der Waals surface area (Å²) in [6.45, 7) is 8.59. The Hall–Kier alpha value is -3.30. The fraction of sp³-hybridized carbons (Fsp3) is 0.556. The van der Waals surface area contributed by atoms with Gasteiger partial charge in [-0.15, -0.1) is 0 Å². The number of aliphatic hydroxyl groups is 2. The Morgan fingerprint density at radius 3 is 2.67 bits per heavy atom. The number of methoxy groups -OCH3 is 1. The highest BCUT2D eigenvalue weighted by Gasteiger charge is 2.54. The van der Waals surface area contributed by atoms with E-state index in [-0.39, 0.29) is 48.2 Å². The number of carbonyl (C=O) groups excluding carboxylic acids is 1. The predicted molar refractivity (Wildman–Crippen MR) is 154 cm³/mol. The van der Waals surface area contributed by atoms with Gasteiger partial charge < -0.3 is 35.1 Å². The Morgan fingerprint density at radius 1 is 1.33 bits per heavy atom. The fourth-order valence-electron chi connectivity index (χ4n) is 4.31. The minimum Gasteiger partial charge on any atom is -0.593 e. The lowest BCUT2D eigenvalue weighted by Gasteiger charge is -2.27. The van der Waals surface area contributed by atoms with Crippen LogP contribution in [-0.2, 0) is 25.7 Å². The molecule has 0 amide bonds. The van der Waals surface area contributed by atoms with Crippen LogP contribution in [0, 0.1) is 5.41 Å². The van der Waals surface area contributed by atoms with E-state index in [1.54, 1.807) is 0 Å². The monoisotopic (exact) mass is 619 g/mol. The fourth-order valence-corrected chi connectivity index (χ4v) is 5.27. The van der Waals surface area contributed by atoms with E-state index < -0.39 is 44.1 Å². The molecule has 0 bridgehead atoms. The number of aliphatic hydroxyl groups excluding tert-OH is 1. The number of nitrogens with zero attached hydrogens (tertiary/aromatic N) is 6. The van der Waals surface area contributed by atoms with Gasteiger partial charge in [0.25, 0.3) is 8.09 Å². The summed E-state index contributed by atoms with van der Waals surface area (Å²) in [7, 11) is -1.18. The molecule has 3 heterocycles. The van der Waals surface area contributed by atoms with Crippen molar-refractivity contribution in [3.05, 3.63) is 42.2 Å².